The third kappa shape index (κ3) is 5.75. The predicted molar refractivity (Wildman–Crippen MR) is 126 cm³/mol. The second-order valence-electron chi connectivity index (χ2n) is 8.10. The number of nitrogens with zero attached hydrogens (tertiary/aromatic N) is 5. The van der Waals surface area contributed by atoms with Crippen LogP contribution >= 0.6 is 0 Å². The second kappa shape index (κ2) is 10.7. The molecule has 0 saturated carbocycles. The van der Waals surface area contributed by atoms with Crippen LogP contribution in [0.15, 0.2) is 61.2 Å². The number of anilines is 2. The van der Waals surface area contributed by atoms with E-state index in [9.17, 15) is 4.79 Å². The average molecular weight is 448 g/mol. The number of unbranched alkanes of at least 4 members (excludes halogenated alkanes) is 3. The van der Waals surface area contributed by atoms with Crippen molar-refractivity contribution >= 4 is 28.6 Å². The lowest BCUT2D eigenvalue weighted by molar-refractivity contribution is -0.129. The van der Waals surface area contributed by atoms with Gasteiger partial charge in [-0.3, -0.25) is 14.7 Å². The Morgan fingerprint density at radius 1 is 1.09 bits per heavy atom. The standard InChI is InChI=1S/C24H29N7O2/c1-18(19-9-5-4-6-10-19)31-14-12-20-15-25-24(28-23(20)31)27-21-16-26-30(17-21)13-8-3-2-7-11-22(32)29-33/h4-6,9-10,12,14-18,33H,2-3,7-8,11,13H2,1H3,(H,29,32)(H,25,27,28). The molecule has 0 spiro atoms. The largest absolute Gasteiger partial charge is 0.325 e. The van der Waals surface area contributed by atoms with Gasteiger partial charge < -0.3 is 9.88 Å². The molecule has 0 bridgehead atoms. The third-order valence-electron chi connectivity index (χ3n) is 5.71. The highest BCUT2D eigenvalue weighted by molar-refractivity contribution is 5.77. The first-order valence-electron chi connectivity index (χ1n) is 11.2. The highest BCUT2D eigenvalue weighted by atomic mass is 16.5. The van der Waals surface area contributed by atoms with Gasteiger partial charge in [-0.15, -0.1) is 0 Å². The van der Waals surface area contributed by atoms with E-state index in [0.29, 0.717) is 12.4 Å². The van der Waals surface area contributed by atoms with E-state index in [4.69, 9.17) is 10.2 Å². The molecule has 9 nitrogen and oxygen atoms in total. The Hall–Kier alpha value is -3.72. The number of hydroxylamine groups is 1. The lowest BCUT2D eigenvalue weighted by atomic mass is 10.1. The fraction of sp³-hybridized carbons (Fsp3) is 0.333. The van der Waals surface area contributed by atoms with Gasteiger partial charge >= 0.3 is 0 Å². The number of hydrogen-bond donors (Lipinski definition) is 3. The molecule has 4 rings (SSSR count). The van der Waals surface area contributed by atoms with Crippen molar-refractivity contribution < 1.29 is 10.0 Å². The molecule has 33 heavy (non-hydrogen) atoms. The summed E-state index contributed by atoms with van der Waals surface area (Å²) in [6.07, 6.45) is 11.6. The molecule has 0 aliphatic rings. The zero-order valence-corrected chi connectivity index (χ0v) is 18.7. The van der Waals surface area contributed by atoms with Crippen LogP contribution in [0.3, 0.4) is 0 Å². The second-order valence-corrected chi connectivity index (χ2v) is 8.10. The molecular weight excluding hydrogens is 418 g/mol. The number of amides is 1. The van der Waals surface area contributed by atoms with Gasteiger partial charge in [-0.25, -0.2) is 10.5 Å². The minimum atomic E-state index is -0.333. The van der Waals surface area contributed by atoms with Crippen molar-refractivity contribution in [3.8, 4) is 0 Å². The summed E-state index contributed by atoms with van der Waals surface area (Å²) in [5.41, 5.74) is 4.60. The predicted octanol–water partition coefficient (Wildman–Crippen LogP) is 4.44. The molecule has 0 radical (unpaired) electrons. The Labute approximate surface area is 192 Å². The van der Waals surface area contributed by atoms with Crippen LogP contribution in [-0.4, -0.2) is 35.4 Å². The molecule has 1 aromatic carbocycles. The minimum absolute atomic E-state index is 0.159. The maximum atomic E-state index is 11.0. The molecule has 172 valence electrons. The lowest BCUT2D eigenvalue weighted by Crippen LogP contribution is -2.17. The normalized spacial score (nSPS) is 12.1. The van der Waals surface area contributed by atoms with Crippen molar-refractivity contribution in [3.05, 3.63) is 66.7 Å². The summed E-state index contributed by atoms with van der Waals surface area (Å²) in [4.78, 5) is 20.2. The Balaban J connectivity index is 1.35. The van der Waals surface area contributed by atoms with Gasteiger partial charge in [-0.1, -0.05) is 43.2 Å². The quantitative estimate of drug-likeness (QED) is 0.178. The number of rotatable bonds is 11. The summed E-state index contributed by atoms with van der Waals surface area (Å²) in [5.74, 6) is 0.199. The maximum Gasteiger partial charge on any atom is 0.243 e. The number of carbonyl (C=O) groups excluding carboxylic acids is 1. The summed E-state index contributed by atoms with van der Waals surface area (Å²) >= 11 is 0. The molecule has 0 aliphatic heterocycles. The zero-order chi connectivity index (χ0) is 23.0. The monoisotopic (exact) mass is 447 g/mol. The number of benzene rings is 1. The van der Waals surface area contributed by atoms with Gasteiger partial charge in [0.2, 0.25) is 11.9 Å². The van der Waals surface area contributed by atoms with Crippen LogP contribution in [0, 0.1) is 0 Å². The van der Waals surface area contributed by atoms with E-state index < -0.39 is 0 Å². The topological polar surface area (TPSA) is 110 Å². The van der Waals surface area contributed by atoms with Gasteiger partial charge in [0.25, 0.3) is 0 Å². The van der Waals surface area contributed by atoms with Gasteiger partial charge in [-0.05, 0) is 31.4 Å². The van der Waals surface area contributed by atoms with Gasteiger partial charge in [0.1, 0.15) is 5.65 Å². The summed E-state index contributed by atoms with van der Waals surface area (Å²) in [7, 11) is 0. The summed E-state index contributed by atoms with van der Waals surface area (Å²) < 4.78 is 4.05. The summed E-state index contributed by atoms with van der Waals surface area (Å²) in [6, 6.07) is 12.6. The van der Waals surface area contributed by atoms with Crippen LogP contribution in [0.2, 0.25) is 0 Å². The van der Waals surface area contributed by atoms with Crippen molar-refractivity contribution in [2.24, 2.45) is 0 Å². The average Bonchev–Trinajstić information content (AvgIpc) is 3.47. The molecule has 1 unspecified atom stereocenters. The summed E-state index contributed by atoms with van der Waals surface area (Å²) in [5, 5.41) is 17.1. The van der Waals surface area contributed by atoms with Crippen molar-refractivity contribution in [3.63, 3.8) is 0 Å². The number of aryl methyl sites for hydroxylation is 1. The first-order chi connectivity index (χ1) is 16.1. The van der Waals surface area contributed by atoms with Crippen LogP contribution in [-0.2, 0) is 11.3 Å². The van der Waals surface area contributed by atoms with Gasteiger partial charge in [-0.2, -0.15) is 10.1 Å². The van der Waals surface area contributed by atoms with Crippen LogP contribution in [0.5, 0.6) is 0 Å². The lowest BCUT2D eigenvalue weighted by Gasteiger charge is -2.15. The molecule has 9 heteroatoms. The number of nitrogens with one attached hydrogen (secondary N) is 2. The number of carbonyl (C=O) groups is 1. The van der Waals surface area contributed by atoms with Crippen molar-refractivity contribution in [1.82, 2.24) is 29.8 Å². The van der Waals surface area contributed by atoms with E-state index in [1.54, 1.807) is 11.7 Å². The Morgan fingerprint density at radius 3 is 2.73 bits per heavy atom. The molecule has 0 aliphatic carbocycles. The highest BCUT2D eigenvalue weighted by Crippen LogP contribution is 2.24. The van der Waals surface area contributed by atoms with Crippen LogP contribution < -0.4 is 10.8 Å². The molecule has 3 N–H and O–H groups in total. The Kier molecular flexibility index (Phi) is 7.31. The van der Waals surface area contributed by atoms with E-state index in [0.717, 1.165) is 48.9 Å². The van der Waals surface area contributed by atoms with E-state index in [1.165, 1.54) is 5.56 Å². The fourth-order valence-electron chi connectivity index (χ4n) is 3.85. The zero-order valence-electron chi connectivity index (χ0n) is 18.7. The fourth-order valence-corrected chi connectivity index (χ4v) is 3.85. The minimum Gasteiger partial charge on any atom is -0.325 e. The first-order valence-corrected chi connectivity index (χ1v) is 11.2. The molecule has 4 aromatic rings. The SMILES string of the molecule is CC(c1ccccc1)n1ccc2cnc(Nc3cnn(CCCCCCC(=O)NO)c3)nc21. The van der Waals surface area contributed by atoms with Crippen molar-refractivity contribution in [2.45, 2.75) is 51.6 Å². The molecule has 1 amide bonds. The molecule has 0 fully saturated rings. The van der Waals surface area contributed by atoms with Crippen LogP contribution in [0.4, 0.5) is 11.6 Å². The first kappa shape index (κ1) is 22.5. The Bertz CT molecular complexity index is 1190. The molecule has 0 saturated heterocycles. The molecule has 3 aromatic heterocycles. The molecular formula is C24H29N7O2. The smallest absolute Gasteiger partial charge is 0.243 e. The number of hydrogen-bond acceptors (Lipinski definition) is 6. The summed E-state index contributed by atoms with van der Waals surface area (Å²) in [6.45, 7) is 2.96. The highest BCUT2D eigenvalue weighted by Gasteiger charge is 2.13. The number of aromatic nitrogens is 5. The van der Waals surface area contributed by atoms with E-state index in [-0.39, 0.29) is 11.9 Å². The van der Waals surface area contributed by atoms with Crippen LogP contribution in [0.1, 0.15) is 50.6 Å². The number of fused-ring (bicyclic) bond motifs is 1. The van der Waals surface area contributed by atoms with E-state index in [1.807, 2.05) is 41.3 Å². The van der Waals surface area contributed by atoms with Gasteiger partial charge in [0.15, 0.2) is 0 Å². The molecule has 3 heterocycles. The van der Waals surface area contributed by atoms with Crippen molar-refractivity contribution in [1.29, 1.82) is 0 Å². The molecule has 1 atom stereocenters. The van der Waals surface area contributed by atoms with E-state index in [2.05, 4.69) is 45.2 Å². The Morgan fingerprint density at radius 2 is 1.91 bits per heavy atom. The van der Waals surface area contributed by atoms with Gasteiger partial charge in [0, 0.05) is 36.9 Å². The van der Waals surface area contributed by atoms with Crippen LogP contribution in [0.25, 0.3) is 11.0 Å². The van der Waals surface area contributed by atoms with Crippen molar-refractivity contribution in [2.75, 3.05) is 5.32 Å². The maximum absolute atomic E-state index is 11.0. The van der Waals surface area contributed by atoms with E-state index >= 15 is 0 Å². The third-order valence-corrected chi connectivity index (χ3v) is 5.71. The van der Waals surface area contributed by atoms with Gasteiger partial charge in [0.05, 0.1) is 17.9 Å².